The van der Waals surface area contributed by atoms with Gasteiger partial charge in [-0.3, -0.25) is 0 Å². The topological polar surface area (TPSA) is 93.5 Å². The number of benzene rings is 1. The van der Waals surface area contributed by atoms with E-state index in [4.69, 9.17) is 16.2 Å². The SMILES string of the molecule is CC(C)(C)NCC(O)COc1cc2c(c(N)c1N)CCC2.Cl.Cl.Cl. The maximum Gasteiger partial charge on any atom is 0.144 e. The van der Waals surface area contributed by atoms with Crippen molar-refractivity contribution >= 4 is 48.6 Å². The van der Waals surface area contributed by atoms with Crippen molar-refractivity contribution in [3.05, 3.63) is 17.2 Å². The lowest BCUT2D eigenvalue weighted by atomic mass is 10.1. The summed E-state index contributed by atoms with van der Waals surface area (Å²) in [6.45, 7) is 6.84. The quantitative estimate of drug-likeness (QED) is 0.568. The molecule has 0 aliphatic heterocycles. The van der Waals surface area contributed by atoms with E-state index in [1.54, 1.807) is 0 Å². The number of hydrogen-bond acceptors (Lipinski definition) is 5. The molecular formula is C16H30Cl3N3O2. The number of aryl methyl sites for hydroxylation is 1. The summed E-state index contributed by atoms with van der Waals surface area (Å²) in [5.74, 6) is 0.586. The number of halogens is 3. The number of nitrogens with one attached hydrogen (secondary N) is 1. The third-order valence-electron chi connectivity index (χ3n) is 3.75. The average molecular weight is 403 g/mol. The average Bonchev–Trinajstić information content (AvgIpc) is 2.86. The van der Waals surface area contributed by atoms with Crippen LogP contribution in [0.15, 0.2) is 6.07 Å². The number of fused-ring (bicyclic) bond motifs is 1. The molecule has 0 bridgehead atoms. The second-order valence-electron chi connectivity index (χ2n) is 6.79. The van der Waals surface area contributed by atoms with Crippen LogP contribution in [-0.4, -0.2) is 29.9 Å². The number of ether oxygens (including phenoxy) is 1. The molecule has 142 valence electrons. The highest BCUT2D eigenvalue weighted by molar-refractivity contribution is 5.86. The molecule has 1 aliphatic carbocycles. The van der Waals surface area contributed by atoms with Gasteiger partial charge in [0.15, 0.2) is 0 Å². The lowest BCUT2D eigenvalue weighted by Gasteiger charge is -2.23. The van der Waals surface area contributed by atoms with Crippen molar-refractivity contribution in [1.82, 2.24) is 5.32 Å². The highest BCUT2D eigenvalue weighted by Crippen LogP contribution is 2.38. The molecule has 1 atom stereocenters. The summed E-state index contributed by atoms with van der Waals surface area (Å²) in [5.41, 5.74) is 15.6. The zero-order chi connectivity index (χ0) is 15.6. The van der Waals surface area contributed by atoms with Crippen molar-refractivity contribution in [3.8, 4) is 5.75 Å². The fourth-order valence-corrected chi connectivity index (χ4v) is 2.55. The van der Waals surface area contributed by atoms with Crippen LogP contribution in [0.4, 0.5) is 11.4 Å². The molecule has 5 nitrogen and oxygen atoms in total. The van der Waals surface area contributed by atoms with Gasteiger partial charge >= 0.3 is 0 Å². The first-order chi connectivity index (χ1) is 9.78. The summed E-state index contributed by atoms with van der Waals surface area (Å²) in [5, 5.41) is 13.2. The van der Waals surface area contributed by atoms with Crippen LogP contribution in [0.2, 0.25) is 0 Å². The van der Waals surface area contributed by atoms with E-state index < -0.39 is 6.10 Å². The Morgan fingerprint density at radius 2 is 1.79 bits per heavy atom. The molecule has 24 heavy (non-hydrogen) atoms. The maximum absolute atomic E-state index is 9.97. The standard InChI is InChI=1S/C16H27N3O2.3ClH/c1-16(2,3)19-8-11(20)9-21-13-7-10-5-4-6-12(10)14(17)15(13)18;;;/h7,11,19-20H,4-6,8-9,17-18H2,1-3H3;3*1H. The number of aliphatic hydroxyl groups excluding tert-OH is 1. The van der Waals surface area contributed by atoms with Gasteiger partial charge in [-0.1, -0.05) is 0 Å². The van der Waals surface area contributed by atoms with Crippen LogP contribution in [0.25, 0.3) is 0 Å². The van der Waals surface area contributed by atoms with Crippen molar-refractivity contribution in [2.75, 3.05) is 24.6 Å². The molecule has 6 N–H and O–H groups in total. The maximum atomic E-state index is 9.97. The van der Waals surface area contributed by atoms with Gasteiger partial charge in [0.25, 0.3) is 0 Å². The largest absolute Gasteiger partial charge is 0.489 e. The second kappa shape index (κ2) is 10.4. The highest BCUT2D eigenvalue weighted by atomic mass is 35.5. The van der Waals surface area contributed by atoms with E-state index in [0.29, 0.717) is 23.7 Å². The summed E-state index contributed by atoms with van der Waals surface area (Å²) in [6, 6.07) is 1.97. The molecule has 1 aromatic carbocycles. The van der Waals surface area contributed by atoms with Gasteiger partial charge in [-0.25, -0.2) is 0 Å². The van der Waals surface area contributed by atoms with Crippen LogP contribution in [0.3, 0.4) is 0 Å². The second-order valence-corrected chi connectivity index (χ2v) is 6.79. The van der Waals surface area contributed by atoms with Gasteiger partial charge in [0, 0.05) is 12.1 Å². The van der Waals surface area contributed by atoms with E-state index in [0.717, 1.165) is 24.8 Å². The van der Waals surface area contributed by atoms with Crippen LogP contribution in [-0.2, 0) is 12.8 Å². The number of anilines is 2. The molecule has 0 fully saturated rings. The van der Waals surface area contributed by atoms with Gasteiger partial charge in [0.2, 0.25) is 0 Å². The lowest BCUT2D eigenvalue weighted by Crippen LogP contribution is -2.42. The normalized spacial score (nSPS) is 13.8. The minimum atomic E-state index is -0.585. The smallest absolute Gasteiger partial charge is 0.144 e. The first-order valence-corrected chi connectivity index (χ1v) is 7.53. The fraction of sp³-hybridized carbons (Fsp3) is 0.625. The first-order valence-electron chi connectivity index (χ1n) is 7.53. The third-order valence-corrected chi connectivity index (χ3v) is 3.75. The van der Waals surface area contributed by atoms with E-state index in [2.05, 4.69) is 26.1 Å². The molecule has 1 aliphatic rings. The predicted molar refractivity (Wildman–Crippen MR) is 108 cm³/mol. The van der Waals surface area contributed by atoms with Crippen LogP contribution < -0.4 is 21.5 Å². The molecule has 1 unspecified atom stereocenters. The monoisotopic (exact) mass is 401 g/mol. The van der Waals surface area contributed by atoms with E-state index in [-0.39, 0.29) is 49.4 Å². The predicted octanol–water partition coefficient (Wildman–Crippen LogP) is 2.73. The Hall–Kier alpha value is -0.590. The summed E-state index contributed by atoms with van der Waals surface area (Å²) in [6.07, 6.45) is 2.53. The lowest BCUT2D eigenvalue weighted by molar-refractivity contribution is 0.100. The molecule has 1 aromatic rings. The Morgan fingerprint density at radius 3 is 2.38 bits per heavy atom. The van der Waals surface area contributed by atoms with Gasteiger partial charge in [-0.15, -0.1) is 37.2 Å². The van der Waals surface area contributed by atoms with E-state index in [1.807, 2.05) is 6.07 Å². The fourth-order valence-electron chi connectivity index (χ4n) is 2.55. The van der Waals surface area contributed by atoms with Crippen LogP contribution in [0, 0.1) is 0 Å². The molecule has 0 heterocycles. The van der Waals surface area contributed by atoms with Gasteiger partial charge in [-0.2, -0.15) is 0 Å². The van der Waals surface area contributed by atoms with E-state index in [9.17, 15) is 5.11 Å². The molecule has 0 amide bonds. The van der Waals surface area contributed by atoms with Crippen molar-refractivity contribution in [2.45, 2.75) is 51.7 Å². The van der Waals surface area contributed by atoms with Crippen molar-refractivity contribution < 1.29 is 9.84 Å². The minimum absolute atomic E-state index is 0. The van der Waals surface area contributed by atoms with Gasteiger partial charge in [0.1, 0.15) is 18.5 Å². The number of hydrogen-bond donors (Lipinski definition) is 4. The molecule has 0 aromatic heterocycles. The Balaban J connectivity index is 0. The van der Waals surface area contributed by atoms with Crippen LogP contribution in [0.1, 0.15) is 38.3 Å². The number of aliphatic hydroxyl groups is 1. The highest BCUT2D eigenvalue weighted by Gasteiger charge is 2.20. The summed E-state index contributed by atoms with van der Waals surface area (Å²) < 4.78 is 5.67. The molecule has 0 saturated carbocycles. The third kappa shape index (κ3) is 6.73. The molecular weight excluding hydrogens is 373 g/mol. The first kappa shape index (κ1) is 25.6. The Labute approximate surface area is 163 Å². The number of rotatable bonds is 5. The van der Waals surface area contributed by atoms with Crippen LogP contribution >= 0.6 is 37.2 Å². The van der Waals surface area contributed by atoms with Crippen molar-refractivity contribution in [3.63, 3.8) is 0 Å². The van der Waals surface area contributed by atoms with Gasteiger partial charge < -0.3 is 26.6 Å². The molecule has 2 rings (SSSR count). The summed E-state index contributed by atoms with van der Waals surface area (Å²) >= 11 is 0. The number of β-amino-alcohol motifs (C(OH)–C–C–N with tert-alkyl or cyclic N) is 1. The molecule has 8 heteroatoms. The van der Waals surface area contributed by atoms with Crippen molar-refractivity contribution in [1.29, 1.82) is 0 Å². The van der Waals surface area contributed by atoms with Crippen LogP contribution in [0.5, 0.6) is 5.75 Å². The van der Waals surface area contributed by atoms with E-state index in [1.165, 1.54) is 5.56 Å². The molecule has 0 saturated heterocycles. The number of nitrogens with two attached hydrogens (primary N) is 2. The van der Waals surface area contributed by atoms with E-state index >= 15 is 0 Å². The van der Waals surface area contributed by atoms with Gasteiger partial charge in [0.05, 0.1) is 11.4 Å². The Bertz CT molecular complexity index is 522. The Kier molecular flexibility index (Phi) is 11.1. The molecule has 0 spiro atoms. The zero-order valence-corrected chi connectivity index (χ0v) is 16.9. The summed E-state index contributed by atoms with van der Waals surface area (Å²) in [4.78, 5) is 0. The minimum Gasteiger partial charge on any atom is -0.489 e. The van der Waals surface area contributed by atoms with Crippen molar-refractivity contribution in [2.24, 2.45) is 0 Å². The Morgan fingerprint density at radius 1 is 1.17 bits per heavy atom. The van der Waals surface area contributed by atoms with Gasteiger partial charge in [-0.05, 0) is 57.2 Å². The summed E-state index contributed by atoms with van der Waals surface area (Å²) in [7, 11) is 0. The molecule has 0 radical (unpaired) electrons. The zero-order valence-electron chi connectivity index (χ0n) is 14.4. The number of nitrogen functional groups attached to an aromatic ring is 2.